The number of hydrogen-bond donors (Lipinski definition) is 1. The van der Waals surface area contributed by atoms with Gasteiger partial charge in [-0.25, -0.2) is 0 Å². The Morgan fingerprint density at radius 3 is 2.61 bits per heavy atom. The van der Waals surface area contributed by atoms with Crippen LogP contribution in [0.15, 0.2) is 12.3 Å². The van der Waals surface area contributed by atoms with E-state index in [1.807, 2.05) is 7.05 Å². The lowest BCUT2D eigenvalue weighted by Crippen LogP contribution is -2.22. The van der Waals surface area contributed by atoms with Gasteiger partial charge in [-0.3, -0.25) is 4.68 Å². The van der Waals surface area contributed by atoms with Gasteiger partial charge in [-0.2, -0.15) is 5.10 Å². The number of nitrogens with one attached hydrogen (secondary N) is 1. The van der Waals surface area contributed by atoms with Crippen molar-refractivity contribution in [1.82, 2.24) is 15.1 Å². The van der Waals surface area contributed by atoms with Gasteiger partial charge in [0.2, 0.25) is 0 Å². The van der Waals surface area contributed by atoms with E-state index in [1.54, 1.807) is 0 Å². The molecule has 1 rings (SSSR count). The van der Waals surface area contributed by atoms with E-state index < -0.39 is 0 Å². The summed E-state index contributed by atoms with van der Waals surface area (Å²) in [7, 11) is 2.03. The molecule has 0 radical (unpaired) electrons. The summed E-state index contributed by atoms with van der Waals surface area (Å²) < 4.78 is 2.10. The molecule has 1 aromatic heterocycles. The van der Waals surface area contributed by atoms with Crippen LogP contribution in [0.3, 0.4) is 0 Å². The Morgan fingerprint density at radius 2 is 2.06 bits per heavy atom. The summed E-state index contributed by atoms with van der Waals surface area (Å²) in [5, 5.41) is 8.00. The van der Waals surface area contributed by atoms with Crippen molar-refractivity contribution >= 4 is 0 Å². The Morgan fingerprint density at radius 1 is 1.33 bits per heavy atom. The van der Waals surface area contributed by atoms with Gasteiger partial charge in [0.25, 0.3) is 0 Å². The van der Waals surface area contributed by atoms with Crippen LogP contribution in [0.25, 0.3) is 0 Å². The van der Waals surface area contributed by atoms with E-state index in [1.165, 1.54) is 12.1 Å². The minimum Gasteiger partial charge on any atom is -0.319 e. The van der Waals surface area contributed by atoms with Crippen molar-refractivity contribution in [3.05, 3.63) is 18.0 Å². The molecule has 0 saturated carbocycles. The molecule has 0 bridgehead atoms. The van der Waals surface area contributed by atoms with Crippen molar-refractivity contribution in [3.63, 3.8) is 0 Å². The van der Waals surface area contributed by atoms with Crippen LogP contribution in [-0.2, 0) is 6.42 Å². The molecule has 0 spiro atoms. The fraction of sp³-hybridized carbons (Fsp3) is 0.800. The smallest absolute Gasteiger partial charge is 0.0627 e. The lowest BCUT2D eigenvalue weighted by atomic mass is 9.93. The largest absolute Gasteiger partial charge is 0.319 e. The second kappa shape index (κ2) is 7.57. The van der Waals surface area contributed by atoms with Crippen LogP contribution in [0, 0.1) is 11.8 Å². The average molecular weight is 251 g/mol. The number of aromatic nitrogens is 2. The molecule has 0 amide bonds. The Hall–Kier alpha value is -0.830. The molecule has 0 aliphatic rings. The van der Waals surface area contributed by atoms with Crippen molar-refractivity contribution in [2.75, 3.05) is 13.6 Å². The predicted molar refractivity (Wildman–Crippen MR) is 77.8 cm³/mol. The summed E-state index contributed by atoms with van der Waals surface area (Å²) >= 11 is 0. The van der Waals surface area contributed by atoms with Crippen LogP contribution < -0.4 is 5.32 Å². The first-order valence-corrected chi connectivity index (χ1v) is 7.25. The fourth-order valence-corrected chi connectivity index (χ4v) is 2.41. The summed E-state index contributed by atoms with van der Waals surface area (Å²) in [5.41, 5.74) is 1.23. The Balaban J connectivity index is 2.60. The molecule has 104 valence electrons. The van der Waals surface area contributed by atoms with E-state index in [9.17, 15) is 0 Å². The molecule has 3 heteroatoms. The van der Waals surface area contributed by atoms with Gasteiger partial charge in [-0.05, 0) is 57.7 Å². The monoisotopic (exact) mass is 251 g/mol. The summed E-state index contributed by atoms with van der Waals surface area (Å²) in [4.78, 5) is 0. The van der Waals surface area contributed by atoms with Crippen molar-refractivity contribution in [2.45, 2.75) is 53.0 Å². The minimum atomic E-state index is 0.506. The summed E-state index contributed by atoms with van der Waals surface area (Å²) in [6, 6.07) is 2.68. The highest BCUT2D eigenvalue weighted by Gasteiger charge is 2.13. The van der Waals surface area contributed by atoms with Crippen LogP contribution in [0.4, 0.5) is 0 Å². The van der Waals surface area contributed by atoms with Crippen LogP contribution in [0.1, 0.15) is 52.3 Å². The zero-order chi connectivity index (χ0) is 13.5. The second-order valence-corrected chi connectivity index (χ2v) is 5.80. The molecule has 18 heavy (non-hydrogen) atoms. The van der Waals surface area contributed by atoms with Crippen LogP contribution in [-0.4, -0.2) is 23.4 Å². The Labute approximate surface area is 112 Å². The maximum Gasteiger partial charge on any atom is 0.0627 e. The van der Waals surface area contributed by atoms with E-state index in [0.717, 1.165) is 25.3 Å². The predicted octanol–water partition coefficient (Wildman–Crippen LogP) is 3.28. The lowest BCUT2D eigenvalue weighted by Gasteiger charge is -2.17. The summed E-state index contributed by atoms with van der Waals surface area (Å²) in [5.74, 6) is 1.44. The zero-order valence-corrected chi connectivity index (χ0v) is 12.6. The highest BCUT2D eigenvalue weighted by molar-refractivity contribution is 5.01. The van der Waals surface area contributed by atoms with Gasteiger partial charge in [0, 0.05) is 12.2 Å². The van der Waals surface area contributed by atoms with Gasteiger partial charge >= 0.3 is 0 Å². The molecule has 2 atom stereocenters. The highest BCUT2D eigenvalue weighted by atomic mass is 15.3. The standard InChI is InChI=1S/C15H29N3/c1-6-13(4)18-8-7-15(17-18)10-14(11-16-5)9-12(2)3/h7-8,12-14,16H,6,9-11H2,1-5H3. The average Bonchev–Trinajstić information content (AvgIpc) is 2.76. The summed E-state index contributed by atoms with van der Waals surface area (Å²) in [6.07, 6.45) is 5.60. The minimum absolute atomic E-state index is 0.506. The van der Waals surface area contributed by atoms with E-state index in [-0.39, 0.29) is 0 Å². The van der Waals surface area contributed by atoms with Gasteiger partial charge in [0.05, 0.1) is 5.69 Å². The molecule has 1 aromatic rings. The van der Waals surface area contributed by atoms with Gasteiger partial charge < -0.3 is 5.32 Å². The van der Waals surface area contributed by atoms with Crippen LogP contribution in [0.2, 0.25) is 0 Å². The first-order valence-electron chi connectivity index (χ1n) is 7.25. The van der Waals surface area contributed by atoms with Crippen molar-refractivity contribution in [2.24, 2.45) is 11.8 Å². The highest BCUT2D eigenvalue weighted by Crippen LogP contribution is 2.17. The Bertz CT molecular complexity index is 330. The number of rotatable bonds is 8. The molecule has 0 aliphatic carbocycles. The molecule has 2 unspecified atom stereocenters. The third kappa shape index (κ3) is 4.81. The maximum atomic E-state index is 4.70. The molecule has 1 heterocycles. The molecule has 3 nitrogen and oxygen atoms in total. The van der Waals surface area contributed by atoms with Crippen molar-refractivity contribution in [3.8, 4) is 0 Å². The van der Waals surface area contributed by atoms with Crippen LogP contribution >= 0.6 is 0 Å². The second-order valence-electron chi connectivity index (χ2n) is 5.80. The first kappa shape index (κ1) is 15.2. The van der Waals surface area contributed by atoms with E-state index >= 15 is 0 Å². The zero-order valence-electron chi connectivity index (χ0n) is 12.6. The van der Waals surface area contributed by atoms with Crippen molar-refractivity contribution in [1.29, 1.82) is 0 Å². The van der Waals surface area contributed by atoms with Gasteiger partial charge in [0.15, 0.2) is 0 Å². The number of nitrogens with zero attached hydrogens (tertiary/aromatic N) is 2. The molecular weight excluding hydrogens is 222 g/mol. The SMILES string of the molecule is CCC(C)n1ccc(CC(CNC)CC(C)C)n1. The normalized spacial score (nSPS) is 15.0. The fourth-order valence-electron chi connectivity index (χ4n) is 2.41. The molecule has 1 N–H and O–H groups in total. The third-order valence-corrected chi connectivity index (χ3v) is 3.50. The maximum absolute atomic E-state index is 4.70. The third-order valence-electron chi connectivity index (χ3n) is 3.50. The molecular formula is C15H29N3. The quantitative estimate of drug-likeness (QED) is 0.768. The van der Waals surface area contributed by atoms with Crippen molar-refractivity contribution < 1.29 is 0 Å². The molecule has 0 saturated heterocycles. The van der Waals surface area contributed by atoms with E-state index in [2.05, 4.69) is 50.0 Å². The molecule has 0 fully saturated rings. The topological polar surface area (TPSA) is 29.9 Å². The summed E-state index contributed by atoms with van der Waals surface area (Å²) in [6.45, 7) is 10.1. The molecule has 0 aliphatic heterocycles. The molecule has 0 aromatic carbocycles. The van der Waals surface area contributed by atoms with Crippen LogP contribution in [0.5, 0.6) is 0 Å². The lowest BCUT2D eigenvalue weighted by molar-refractivity contribution is 0.388. The first-order chi connectivity index (χ1) is 8.56. The number of hydrogen-bond acceptors (Lipinski definition) is 2. The van der Waals surface area contributed by atoms with E-state index in [4.69, 9.17) is 5.10 Å². The van der Waals surface area contributed by atoms with Gasteiger partial charge in [0.1, 0.15) is 0 Å². The van der Waals surface area contributed by atoms with Gasteiger partial charge in [-0.15, -0.1) is 0 Å². The van der Waals surface area contributed by atoms with E-state index in [0.29, 0.717) is 12.0 Å². The van der Waals surface area contributed by atoms with Gasteiger partial charge in [-0.1, -0.05) is 20.8 Å². The Kier molecular flexibility index (Phi) is 6.41.